The minimum atomic E-state index is 0.324. The molecule has 0 saturated carbocycles. The molecule has 5 rings (SSSR count). The van der Waals surface area contributed by atoms with Gasteiger partial charge in [0.2, 0.25) is 0 Å². The Bertz CT molecular complexity index is 1250. The zero-order valence-electron chi connectivity index (χ0n) is 13.6. The minimum absolute atomic E-state index is 0.324. The molecule has 25 heavy (non-hydrogen) atoms. The number of phenolic OH excluding ortho intramolecular Hbond substituents is 1. The summed E-state index contributed by atoms with van der Waals surface area (Å²) >= 11 is 0. The fraction of sp³-hybridized carbons (Fsp3) is 0. The summed E-state index contributed by atoms with van der Waals surface area (Å²) in [6.45, 7) is 0. The molecule has 0 saturated heterocycles. The van der Waals surface area contributed by atoms with Crippen molar-refractivity contribution in [2.24, 2.45) is 0 Å². The van der Waals surface area contributed by atoms with Crippen LogP contribution in [0.25, 0.3) is 43.4 Å². The zero-order chi connectivity index (χ0) is 16.8. The van der Waals surface area contributed by atoms with Crippen molar-refractivity contribution in [3.8, 4) is 16.9 Å². The third-order valence-corrected chi connectivity index (χ3v) is 4.92. The third-order valence-electron chi connectivity index (χ3n) is 4.92. The monoisotopic (exact) mass is 320 g/mol. The maximum atomic E-state index is 10.4. The first-order chi connectivity index (χ1) is 12.3. The topological polar surface area (TPSA) is 20.2 Å². The molecule has 0 amide bonds. The van der Waals surface area contributed by atoms with E-state index in [4.69, 9.17) is 0 Å². The predicted molar refractivity (Wildman–Crippen MR) is 106 cm³/mol. The highest BCUT2D eigenvalue weighted by atomic mass is 16.3. The van der Waals surface area contributed by atoms with Crippen LogP contribution in [0.2, 0.25) is 0 Å². The standard InChI is InChI=1S/C24H16O/c25-23-11-5-10-21-22(23)15-18-8-3-4-9-20(18)24(21)19-13-12-16-6-1-2-7-17(16)14-19/h1-15,25H. The molecular formula is C24H16O. The predicted octanol–water partition coefficient (Wildman–Crippen LogP) is 6.52. The molecule has 0 aliphatic carbocycles. The molecule has 0 aliphatic rings. The summed E-state index contributed by atoms with van der Waals surface area (Å²) in [6, 6.07) is 31.2. The van der Waals surface area contributed by atoms with Gasteiger partial charge in [-0.3, -0.25) is 0 Å². The highest BCUT2D eigenvalue weighted by molar-refractivity contribution is 6.14. The van der Waals surface area contributed by atoms with Crippen LogP contribution in [0.15, 0.2) is 91.0 Å². The van der Waals surface area contributed by atoms with E-state index >= 15 is 0 Å². The van der Waals surface area contributed by atoms with E-state index in [2.05, 4.69) is 72.8 Å². The number of hydrogen-bond acceptors (Lipinski definition) is 1. The number of rotatable bonds is 1. The molecule has 0 aromatic heterocycles. The van der Waals surface area contributed by atoms with Gasteiger partial charge in [-0.25, -0.2) is 0 Å². The summed E-state index contributed by atoms with van der Waals surface area (Å²) in [6.07, 6.45) is 0. The molecular weight excluding hydrogens is 304 g/mol. The fourth-order valence-electron chi connectivity index (χ4n) is 3.73. The maximum Gasteiger partial charge on any atom is 0.123 e. The van der Waals surface area contributed by atoms with Crippen molar-refractivity contribution in [2.75, 3.05) is 0 Å². The third kappa shape index (κ3) is 2.17. The Morgan fingerprint density at radius 2 is 1.20 bits per heavy atom. The minimum Gasteiger partial charge on any atom is -0.507 e. The lowest BCUT2D eigenvalue weighted by atomic mass is 9.91. The summed E-state index contributed by atoms with van der Waals surface area (Å²) < 4.78 is 0. The molecule has 0 heterocycles. The highest BCUT2D eigenvalue weighted by Gasteiger charge is 2.12. The van der Waals surface area contributed by atoms with Crippen LogP contribution in [0.4, 0.5) is 0 Å². The van der Waals surface area contributed by atoms with Crippen molar-refractivity contribution in [1.82, 2.24) is 0 Å². The molecule has 0 radical (unpaired) electrons. The molecule has 0 aliphatic heterocycles. The Morgan fingerprint density at radius 3 is 2.08 bits per heavy atom. The lowest BCUT2D eigenvalue weighted by Gasteiger charge is -2.13. The van der Waals surface area contributed by atoms with Crippen LogP contribution in [-0.2, 0) is 0 Å². The Kier molecular flexibility index (Phi) is 3.01. The Balaban J connectivity index is 1.96. The number of fused-ring (bicyclic) bond motifs is 3. The van der Waals surface area contributed by atoms with Crippen molar-refractivity contribution >= 4 is 32.3 Å². The van der Waals surface area contributed by atoms with Crippen LogP contribution in [0, 0.1) is 0 Å². The number of benzene rings is 5. The van der Waals surface area contributed by atoms with Gasteiger partial charge in [0, 0.05) is 5.39 Å². The van der Waals surface area contributed by atoms with Gasteiger partial charge in [-0.05, 0) is 56.3 Å². The van der Waals surface area contributed by atoms with Gasteiger partial charge in [-0.2, -0.15) is 0 Å². The smallest absolute Gasteiger partial charge is 0.123 e. The van der Waals surface area contributed by atoms with Gasteiger partial charge in [-0.1, -0.05) is 72.8 Å². The van der Waals surface area contributed by atoms with Gasteiger partial charge in [0.1, 0.15) is 5.75 Å². The first-order valence-electron chi connectivity index (χ1n) is 8.44. The van der Waals surface area contributed by atoms with Crippen molar-refractivity contribution in [1.29, 1.82) is 0 Å². The molecule has 0 atom stereocenters. The molecule has 0 bridgehead atoms. The van der Waals surface area contributed by atoms with Crippen molar-refractivity contribution in [2.45, 2.75) is 0 Å². The first kappa shape index (κ1) is 14.1. The lowest BCUT2D eigenvalue weighted by Crippen LogP contribution is -1.86. The molecule has 118 valence electrons. The average molecular weight is 320 g/mol. The molecule has 0 spiro atoms. The second-order valence-corrected chi connectivity index (χ2v) is 6.41. The van der Waals surface area contributed by atoms with Gasteiger partial charge in [0.15, 0.2) is 0 Å². The second kappa shape index (κ2) is 5.35. The van der Waals surface area contributed by atoms with Crippen molar-refractivity contribution < 1.29 is 5.11 Å². The van der Waals surface area contributed by atoms with E-state index in [0.717, 1.165) is 16.2 Å². The van der Waals surface area contributed by atoms with E-state index in [-0.39, 0.29) is 0 Å². The highest BCUT2D eigenvalue weighted by Crippen LogP contribution is 2.39. The molecule has 0 fully saturated rings. The molecule has 5 aromatic carbocycles. The normalized spacial score (nSPS) is 11.4. The first-order valence-corrected chi connectivity index (χ1v) is 8.44. The van der Waals surface area contributed by atoms with Gasteiger partial charge in [0.05, 0.1) is 0 Å². The molecule has 5 aromatic rings. The van der Waals surface area contributed by atoms with E-state index in [0.29, 0.717) is 5.75 Å². The quantitative estimate of drug-likeness (QED) is 0.349. The van der Waals surface area contributed by atoms with Gasteiger partial charge < -0.3 is 5.11 Å². The van der Waals surface area contributed by atoms with Crippen LogP contribution in [0.3, 0.4) is 0 Å². The van der Waals surface area contributed by atoms with Crippen LogP contribution in [0.1, 0.15) is 0 Å². The van der Waals surface area contributed by atoms with Gasteiger partial charge >= 0.3 is 0 Å². The SMILES string of the molecule is Oc1cccc2c(-c3ccc4ccccc4c3)c3ccccc3cc12. The van der Waals surface area contributed by atoms with E-state index in [1.807, 2.05) is 12.1 Å². The Morgan fingerprint density at radius 1 is 0.480 bits per heavy atom. The van der Waals surface area contributed by atoms with Gasteiger partial charge in [-0.15, -0.1) is 0 Å². The maximum absolute atomic E-state index is 10.4. The number of aromatic hydroxyl groups is 1. The van der Waals surface area contributed by atoms with Crippen LogP contribution < -0.4 is 0 Å². The fourth-order valence-corrected chi connectivity index (χ4v) is 3.73. The summed E-state index contributed by atoms with van der Waals surface area (Å²) in [4.78, 5) is 0. The largest absolute Gasteiger partial charge is 0.507 e. The average Bonchev–Trinajstić information content (AvgIpc) is 2.66. The second-order valence-electron chi connectivity index (χ2n) is 6.41. The molecule has 1 N–H and O–H groups in total. The zero-order valence-corrected chi connectivity index (χ0v) is 13.6. The number of hydrogen-bond donors (Lipinski definition) is 1. The van der Waals surface area contributed by atoms with Crippen LogP contribution in [-0.4, -0.2) is 5.11 Å². The Hall–Kier alpha value is -3.32. The van der Waals surface area contributed by atoms with Crippen LogP contribution >= 0.6 is 0 Å². The molecule has 0 unspecified atom stereocenters. The van der Waals surface area contributed by atoms with E-state index in [1.54, 1.807) is 6.07 Å². The molecule has 1 heteroatoms. The van der Waals surface area contributed by atoms with E-state index in [1.165, 1.54) is 27.3 Å². The summed E-state index contributed by atoms with van der Waals surface area (Å²) in [5.41, 5.74) is 2.35. The van der Waals surface area contributed by atoms with E-state index in [9.17, 15) is 5.11 Å². The van der Waals surface area contributed by atoms with Crippen molar-refractivity contribution in [3.05, 3.63) is 91.0 Å². The Labute approximate surface area is 145 Å². The lowest BCUT2D eigenvalue weighted by molar-refractivity contribution is 0.481. The summed E-state index contributed by atoms with van der Waals surface area (Å²) in [5.74, 6) is 0.324. The summed E-state index contributed by atoms with van der Waals surface area (Å²) in [5, 5.41) is 17.1. The van der Waals surface area contributed by atoms with E-state index < -0.39 is 0 Å². The number of phenols is 1. The van der Waals surface area contributed by atoms with Crippen molar-refractivity contribution in [3.63, 3.8) is 0 Å². The molecule has 1 nitrogen and oxygen atoms in total. The summed E-state index contributed by atoms with van der Waals surface area (Å²) in [7, 11) is 0. The van der Waals surface area contributed by atoms with Crippen LogP contribution in [0.5, 0.6) is 5.75 Å². The van der Waals surface area contributed by atoms with Gasteiger partial charge in [0.25, 0.3) is 0 Å².